The van der Waals surface area contributed by atoms with Gasteiger partial charge in [-0.05, 0) is 88.0 Å². The molecular formula is C34H47N7O2. The van der Waals surface area contributed by atoms with Gasteiger partial charge in [0, 0.05) is 48.1 Å². The Kier molecular flexibility index (Phi) is 12.4. The molecule has 4 aromatic rings. The van der Waals surface area contributed by atoms with Crippen LogP contribution in [0.1, 0.15) is 79.8 Å². The minimum Gasteiger partial charge on any atom is -0.361 e. The number of carbonyl (C=O) groups excluding carboxylic acids is 2. The first-order chi connectivity index (χ1) is 21.0. The minimum absolute atomic E-state index is 0.0822. The van der Waals surface area contributed by atoms with Crippen molar-refractivity contribution in [3.63, 3.8) is 0 Å². The number of nitrogens with one attached hydrogen (secondary N) is 5. The maximum Gasteiger partial charge on any atom is 0.251 e. The van der Waals surface area contributed by atoms with Crippen molar-refractivity contribution in [1.29, 1.82) is 0 Å². The molecule has 0 fully saturated rings. The number of hydrogen-bond acceptors (Lipinski definition) is 5. The summed E-state index contributed by atoms with van der Waals surface area (Å²) in [6.07, 6.45) is 9.88. The number of hydrogen-bond donors (Lipinski definition) is 5. The molecule has 1 unspecified atom stereocenters. The fraction of sp³-hybridized carbons (Fsp3) is 0.441. The van der Waals surface area contributed by atoms with Gasteiger partial charge in [0.15, 0.2) is 0 Å². The number of H-pyrrole nitrogens is 2. The van der Waals surface area contributed by atoms with E-state index in [1.54, 1.807) is 6.20 Å². The Morgan fingerprint density at radius 2 is 1.74 bits per heavy atom. The van der Waals surface area contributed by atoms with Gasteiger partial charge in [0.05, 0.1) is 6.04 Å². The first kappa shape index (κ1) is 32.0. The van der Waals surface area contributed by atoms with Crippen molar-refractivity contribution in [2.75, 3.05) is 26.2 Å². The van der Waals surface area contributed by atoms with Gasteiger partial charge in [-0.25, -0.2) is 4.98 Å². The molecule has 9 nitrogen and oxygen atoms in total. The highest BCUT2D eigenvalue weighted by Gasteiger charge is 2.22. The van der Waals surface area contributed by atoms with E-state index < -0.39 is 6.04 Å². The van der Waals surface area contributed by atoms with E-state index in [0.29, 0.717) is 31.5 Å². The van der Waals surface area contributed by atoms with Crippen LogP contribution in [-0.4, -0.2) is 63.9 Å². The summed E-state index contributed by atoms with van der Waals surface area (Å²) in [6.45, 7) is 10.6. The highest BCUT2D eigenvalue weighted by atomic mass is 16.2. The number of fused-ring (bicyclic) bond motifs is 1. The molecule has 0 saturated heterocycles. The third kappa shape index (κ3) is 9.53. The number of amides is 2. The summed E-state index contributed by atoms with van der Waals surface area (Å²) >= 11 is 0. The number of aromatic nitrogens is 3. The molecule has 0 saturated carbocycles. The van der Waals surface area contributed by atoms with E-state index in [4.69, 9.17) is 0 Å². The number of para-hydroxylation sites is 1. The molecule has 0 aliphatic rings. The molecule has 0 spiro atoms. The second-order valence-electron chi connectivity index (χ2n) is 11.2. The Bertz CT molecular complexity index is 1390. The van der Waals surface area contributed by atoms with Gasteiger partial charge in [-0.2, -0.15) is 0 Å². The lowest BCUT2D eigenvalue weighted by Gasteiger charge is -2.23. The minimum atomic E-state index is -0.601. The van der Waals surface area contributed by atoms with Gasteiger partial charge in [-0.1, -0.05) is 44.2 Å². The lowest BCUT2D eigenvalue weighted by atomic mass is 10.1. The smallest absolute Gasteiger partial charge is 0.251 e. The molecule has 0 aliphatic carbocycles. The number of aromatic amines is 2. The number of rotatable bonds is 18. The van der Waals surface area contributed by atoms with Crippen LogP contribution in [-0.2, 0) is 17.8 Å². The van der Waals surface area contributed by atoms with E-state index in [-0.39, 0.29) is 17.9 Å². The number of imidazole rings is 1. The van der Waals surface area contributed by atoms with E-state index >= 15 is 0 Å². The van der Waals surface area contributed by atoms with Crippen LogP contribution in [0.5, 0.6) is 0 Å². The Morgan fingerprint density at radius 1 is 0.977 bits per heavy atom. The molecule has 230 valence electrons. The number of benzene rings is 2. The fourth-order valence-electron chi connectivity index (χ4n) is 5.44. The summed E-state index contributed by atoms with van der Waals surface area (Å²) in [6, 6.07) is 15.2. The Balaban J connectivity index is 1.34. The maximum atomic E-state index is 13.4. The normalized spacial score (nSPS) is 12.8. The second-order valence-corrected chi connectivity index (χ2v) is 11.2. The van der Waals surface area contributed by atoms with Gasteiger partial charge >= 0.3 is 0 Å². The summed E-state index contributed by atoms with van der Waals surface area (Å²) in [5.41, 5.74) is 3.86. The highest BCUT2D eigenvalue weighted by Crippen LogP contribution is 2.18. The number of nitrogens with zero attached hydrogens (tertiary/aromatic N) is 2. The van der Waals surface area contributed by atoms with Crippen molar-refractivity contribution in [1.82, 2.24) is 35.8 Å². The molecule has 2 atom stereocenters. The van der Waals surface area contributed by atoms with Crippen molar-refractivity contribution in [3.8, 4) is 0 Å². The Labute approximate surface area is 255 Å². The average molecular weight is 586 g/mol. The van der Waals surface area contributed by atoms with E-state index in [0.717, 1.165) is 55.8 Å². The first-order valence-electron chi connectivity index (χ1n) is 15.7. The molecular weight excluding hydrogens is 538 g/mol. The van der Waals surface area contributed by atoms with Gasteiger partial charge in [0.25, 0.3) is 5.91 Å². The van der Waals surface area contributed by atoms with Gasteiger partial charge in [0.2, 0.25) is 5.91 Å². The van der Waals surface area contributed by atoms with Crippen LogP contribution in [0.15, 0.2) is 67.1 Å². The summed E-state index contributed by atoms with van der Waals surface area (Å²) in [5.74, 6) is 0.506. The van der Waals surface area contributed by atoms with E-state index in [1.807, 2.05) is 54.9 Å². The van der Waals surface area contributed by atoms with Crippen LogP contribution in [0.25, 0.3) is 10.9 Å². The molecule has 2 aromatic heterocycles. The zero-order valence-electron chi connectivity index (χ0n) is 25.8. The van der Waals surface area contributed by atoms with Crippen molar-refractivity contribution >= 4 is 22.7 Å². The zero-order chi connectivity index (χ0) is 30.4. The third-order valence-electron chi connectivity index (χ3n) is 7.80. The average Bonchev–Trinajstić information content (AvgIpc) is 3.71. The van der Waals surface area contributed by atoms with Crippen LogP contribution in [0.3, 0.4) is 0 Å². The molecule has 2 amide bonds. The van der Waals surface area contributed by atoms with Crippen LogP contribution in [0.4, 0.5) is 0 Å². The standard InChI is InChI=1S/C34H47N7O2/c1-4-20-41(21-5-2)22-8-11-31(34(43)37-17-16-28-24-39-30-10-7-6-9-29(28)30)40-33(42)27-14-12-26(13-15-27)23-38-25(3)32-35-18-19-36-32/h6-7,9-10,12-15,18-19,24-25,31,38-39H,4-5,8,11,16-17,20-23H2,1-3H3,(H,35,36)(H,37,43)(H,40,42)/t25?,31-/m0/s1. The van der Waals surface area contributed by atoms with E-state index in [9.17, 15) is 9.59 Å². The molecule has 0 bridgehead atoms. The summed E-state index contributed by atoms with van der Waals surface area (Å²) in [7, 11) is 0. The van der Waals surface area contributed by atoms with Crippen LogP contribution in [0, 0.1) is 0 Å². The molecule has 9 heteroatoms. The maximum absolute atomic E-state index is 13.4. The van der Waals surface area contributed by atoms with Crippen molar-refractivity contribution in [3.05, 3.63) is 89.6 Å². The zero-order valence-corrected chi connectivity index (χ0v) is 25.8. The van der Waals surface area contributed by atoms with E-state index in [1.165, 1.54) is 10.9 Å². The highest BCUT2D eigenvalue weighted by molar-refractivity contribution is 5.97. The first-order valence-corrected chi connectivity index (χ1v) is 15.7. The molecule has 4 rings (SSSR count). The monoisotopic (exact) mass is 585 g/mol. The van der Waals surface area contributed by atoms with Gasteiger partial charge in [0.1, 0.15) is 11.9 Å². The van der Waals surface area contributed by atoms with E-state index in [2.05, 4.69) is 62.6 Å². The largest absolute Gasteiger partial charge is 0.361 e. The third-order valence-corrected chi connectivity index (χ3v) is 7.80. The molecule has 2 heterocycles. The Morgan fingerprint density at radius 3 is 2.47 bits per heavy atom. The van der Waals surface area contributed by atoms with Gasteiger partial charge < -0.3 is 30.8 Å². The van der Waals surface area contributed by atoms with Crippen molar-refractivity contribution in [2.24, 2.45) is 0 Å². The second kappa shape index (κ2) is 16.6. The lowest BCUT2D eigenvalue weighted by Crippen LogP contribution is -2.47. The molecule has 5 N–H and O–H groups in total. The van der Waals surface area contributed by atoms with Crippen molar-refractivity contribution < 1.29 is 9.59 Å². The predicted octanol–water partition coefficient (Wildman–Crippen LogP) is 5.10. The lowest BCUT2D eigenvalue weighted by molar-refractivity contribution is -0.123. The molecule has 43 heavy (non-hydrogen) atoms. The predicted molar refractivity (Wildman–Crippen MR) is 173 cm³/mol. The van der Waals surface area contributed by atoms with Crippen LogP contribution < -0.4 is 16.0 Å². The quantitative estimate of drug-likeness (QED) is 0.111. The van der Waals surface area contributed by atoms with Gasteiger partial charge in [-0.3, -0.25) is 9.59 Å². The number of carbonyl (C=O) groups is 2. The molecule has 2 aromatic carbocycles. The summed E-state index contributed by atoms with van der Waals surface area (Å²) in [5, 5.41) is 10.7. The van der Waals surface area contributed by atoms with Crippen molar-refractivity contribution in [2.45, 2.75) is 71.5 Å². The topological polar surface area (TPSA) is 118 Å². The van der Waals surface area contributed by atoms with Gasteiger partial charge in [-0.15, -0.1) is 0 Å². The van der Waals surface area contributed by atoms with Crippen LogP contribution >= 0.6 is 0 Å². The summed E-state index contributed by atoms with van der Waals surface area (Å²) in [4.78, 5) is 39.8. The fourth-order valence-corrected chi connectivity index (χ4v) is 5.44. The Hall–Kier alpha value is -3.95. The summed E-state index contributed by atoms with van der Waals surface area (Å²) < 4.78 is 0. The van der Waals surface area contributed by atoms with Crippen LogP contribution in [0.2, 0.25) is 0 Å². The molecule has 0 aliphatic heterocycles. The SMILES string of the molecule is CCCN(CCC)CCC[C@H](NC(=O)c1ccc(CNC(C)c2ncc[nH]2)cc1)C(=O)NCCc1c[nH]c2ccccc12. The molecule has 0 radical (unpaired) electrons.